The fourth-order valence-corrected chi connectivity index (χ4v) is 5.54. The van der Waals surface area contributed by atoms with Crippen LogP contribution in [0.5, 0.6) is 0 Å². The number of hydrogen-bond acceptors (Lipinski definition) is 3. The van der Waals surface area contributed by atoms with Crippen LogP contribution in [0.3, 0.4) is 0 Å². The molecule has 2 heterocycles. The van der Waals surface area contributed by atoms with E-state index in [-0.39, 0.29) is 11.9 Å². The topological polar surface area (TPSA) is 32.8 Å². The van der Waals surface area contributed by atoms with Crippen molar-refractivity contribution >= 4 is 35.0 Å². The average molecular weight is 499 g/mol. The Labute approximate surface area is 208 Å². The van der Waals surface area contributed by atoms with Gasteiger partial charge in [-0.15, -0.1) is 0 Å². The third-order valence-corrected chi connectivity index (χ3v) is 7.32. The summed E-state index contributed by atoms with van der Waals surface area (Å²) in [6.45, 7) is 4.93. The maximum atomic E-state index is 13.3. The zero-order chi connectivity index (χ0) is 23.9. The average Bonchev–Trinajstić information content (AvgIpc) is 3.12. The molecule has 5 rings (SSSR count). The summed E-state index contributed by atoms with van der Waals surface area (Å²) >= 11 is 13.1. The van der Waals surface area contributed by atoms with Gasteiger partial charge in [0, 0.05) is 43.7 Å². The van der Waals surface area contributed by atoms with Gasteiger partial charge in [-0.2, -0.15) is 0 Å². The predicted octanol–water partition coefficient (Wildman–Crippen LogP) is 7.10. The van der Waals surface area contributed by atoms with Gasteiger partial charge in [-0.3, -0.25) is 9.80 Å². The minimum atomic E-state index is -0.444. The molecule has 2 saturated heterocycles. The highest BCUT2D eigenvalue weighted by Gasteiger charge is 2.47. The largest absolute Gasteiger partial charge is 0.441 e. The summed E-state index contributed by atoms with van der Waals surface area (Å²) in [6, 6.07) is 17.9. The normalized spacial score (nSPS) is 17.9. The number of hydrogen-bond donors (Lipinski definition) is 0. The highest BCUT2D eigenvalue weighted by atomic mass is 35.5. The number of likely N-dealkylation sites (tertiary alicyclic amines) is 1. The molecule has 0 radical (unpaired) electrons. The van der Waals surface area contributed by atoms with Crippen molar-refractivity contribution in [3.63, 3.8) is 0 Å². The summed E-state index contributed by atoms with van der Waals surface area (Å²) in [5.74, 6) is -0.301. The molecule has 34 heavy (non-hydrogen) atoms. The van der Waals surface area contributed by atoms with Crippen LogP contribution < -0.4 is 4.90 Å². The first-order chi connectivity index (χ1) is 16.3. The second kappa shape index (κ2) is 9.21. The van der Waals surface area contributed by atoms with Gasteiger partial charge in [0.1, 0.15) is 11.4 Å². The number of benzene rings is 3. The van der Waals surface area contributed by atoms with Crippen molar-refractivity contribution in [2.45, 2.75) is 31.9 Å². The molecule has 1 spiro atoms. The molecule has 3 aromatic carbocycles. The number of carbonyl (C=O) groups excluding carboxylic acids is 1. The van der Waals surface area contributed by atoms with Crippen molar-refractivity contribution in [2.75, 3.05) is 24.5 Å². The van der Waals surface area contributed by atoms with E-state index in [1.54, 1.807) is 17.0 Å². The van der Waals surface area contributed by atoms with Gasteiger partial charge < -0.3 is 4.74 Å². The van der Waals surface area contributed by atoms with Gasteiger partial charge in [0.15, 0.2) is 0 Å². The van der Waals surface area contributed by atoms with Gasteiger partial charge in [-0.25, -0.2) is 9.18 Å². The molecule has 4 nitrogen and oxygen atoms in total. The first kappa shape index (κ1) is 23.2. The summed E-state index contributed by atoms with van der Waals surface area (Å²) < 4.78 is 19.2. The third kappa shape index (κ3) is 4.65. The Balaban J connectivity index is 1.24. The Morgan fingerprint density at radius 2 is 1.59 bits per heavy atom. The van der Waals surface area contributed by atoms with Crippen molar-refractivity contribution in [1.82, 2.24) is 4.90 Å². The molecular weight excluding hydrogens is 474 g/mol. The number of aryl methyl sites for hydroxylation is 1. The molecule has 0 N–H and O–H groups in total. The van der Waals surface area contributed by atoms with Gasteiger partial charge in [0.2, 0.25) is 0 Å². The molecule has 2 fully saturated rings. The monoisotopic (exact) mass is 498 g/mol. The zero-order valence-electron chi connectivity index (χ0n) is 18.9. The summed E-state index contributed by atoms with van der Waals surface area (Å²) in [5, 5.41) is 1.09. The second-order valence-electron chi connectivity index (χ2n) is 9.19. The lowest BCUT2D eigenvalue weighted by Crippen LogP contribution is -2.46. The second-order valence-corrected chi connectivity index (χ2v) is 10.0. The van der Waals surface area contributed by atoms with E-state index in [0.29, 0.717) is 28.7 Å². The van der Waals surface area contributed by atoms with Gasteiger partial charge in [-0.05, 0) is 54.4 Å². The lowest BCUT2D eigenvalue weighted by atomic mass is 9.91. The SMILES string of the molecule is Cc1ccc(N2CC3(CCN(Cc4cc(Cl)c(-c5ccc(F)cc5)c(Cl)c4)CC3)OC2=O)cc1. The molecule has 0 unspecified atom stereocenters. The molecule has 0 saturated carbocycles. The third-order valence-electron chi connectivity index (χ3n) is 6.72. The number of ether oxygens (including phenoxy) is 1. The molecule has 0 aromatic heterocycles. The van der Waals surface area contributed by atoms with E-state index in [1.807, 2.05) is 43.3 Å². The van der Waals surface area contributed by atoms with E-state index in [0.717, 1.165) is 48.3 Å². The number of rotatable bonds is 4. The van der Waals surface area contributed by atoms with Crippen molar-refractivity contribution in [1.29, 1.82) is 0 Å². The Kier molecular flexibility index (Phi) is 6.28. The molecule has 0 atom stereocenters. The maximum absolute atomic E-state index is 13.3. The fourth-order valence-electron chi connectivity index (χ4n) is 4.79. The van der Waals surface area contributed by atoms with Crippen LogP contribution in [-0.4, -0.2) is 36.2 Å². The van der Waals surface area contributed by atoms with E-state index < -0.39 is 5.60 Å². The lowest BCUT2D eigenvalue weighted by molar-refractivity contribution is -0.000970. The number of anilines is 1. The molecule has 2 aliphatic heterocycles. The Bertz CT molecular complexity index is 1180. The first-order valence-corrected chi connectivity index (χ1v) is 12.1. The predicted molar refractivity (Wildman–Crippen MR) is 134 cm³/mol. The van der Waals surface area contributed by atoms with E-state index in [4.69, 9.17) is 27.9 Å². The fraction of sp³-hybridized carbons (Fsp3) is 0.296. The van der Waals surface area contributed by atoms with Crippen molar-refractivity contribution in [2.24, 2.45) is 0 Å². The number of amides is 1. The van der Waals surface area contributed by atoms with Gasteiger partial charge in [0.05, 0.1) is 16.6 Å². The van der Waals surface area contributed by atoms with Crippen LogP contribution in [0.1, 0.15) is 24.0 Å². The summed E-state index contributed by atoms with van der Waals surface area (Å²) in [7, 11) is 0. The van der Waals surface area contributed by atoms with E-state index in [1.165, 1.54) is 12.1 Å². The van der Waals surface area contributed by atoms with Crippen molar-refractivity contribution in [3.8, 4) is 11.1 Å². The molecule has 2 aliphatic rings. The van der Waals surface area contributed by atoms with Crippen LogP contribution in [0, 0.1) is 12.7 Å². The quantitative estimate of drug-likeness (QED) is 0.384. The molecular formula is C27H25Cl2FN2O2. The van der Waals surface area contributed by atoms with Crippen LogP contribution in [0.4, 0.5) is 14.9 Å². The van der Waals surface area contributed by atoms with Crippen LogP contribution >= 0.6 is 23.2 Å². The molecule has 1 amide bonds. The van der Waals surface area contributed by atoms with Gasteiger partial charge >= 0.3 is 6.09 Å². The summed E-state index contributed by atoms with van der Waals surface area (Å²) in [6.07, 6.45) is 1.28. The highest BCUT2D eigenvalue weighted by Crippen LogP contribution is 2.38. The smallest absolute Gasteiger partial charge is 0.415 e. The number of halogens is 3. The van der Waals surface area contributed by atoms with Gasteiger partial charge in [-0.1, -0.05) is 53.0 Å². The standard InChI is InChI=1S/C27H25Cl2FN2O2/c1-18-2-8-22(9-3-18)32-17-27(34-26(32)33)10-12-31(13-11-27)16-19-14-23(28)25(24(29)15-19)20-4-6-21(30)7-5-20/h2-9,14-15H,10-13,16-17H2,1H3. The van der Waals surface area contributed by atoms with Crippen LogP contribution in [0.2, 0.25) is 10.0 Å². The molecule has 7 heteroatoms. The Hall–Kier alpha value is -2.60. The van der Waals surface area contributed by atoms with Crippen LogP contribution in [-0.2, 0) is 11.3 Å². The molecule has 3 aromatic rings. The minimum Gasteiger partial charge on any atom is -0.441 e. The molecule has 0 aliphatic carbocycles. The molecule has 176 valence electrons. The number of nitrogens with zero attached hydrogens (tertiary/aromatic N) is 2. The highest BCUT2D eigenvalue weighted by molar-refractivity contribution is 6.39. The van der Waals surface area contributed by atoms with E-state index in [9.17, 15) is 9.18 Å². The van der Waals surface area contributed by atoms with E-state index >= 15 is 0 Å². The summed E-state index contributed by atoms with van der Waals surface area (Å²) in [4.78, 5) is 16.7. The first-order valence-electron chi connectivity index (χ1n) is 11.4. The van der Waals surface area contributed by atoms with Crippen molar-refractivity contribution in [3.05, 3.63) is 87.7 Å². The lowest BCUT2D eigenvalue weighted by Gasteiger charge is -2.37. The van der Waals surface area contributed by atoms with Crippen LogP contribution in [0.25, 0.3) is 11.1 Å². The number of piperidine rings is 1. The Morgan fingerprint density at radius 1 is 0.971 bits per heavy atom. The zero-order valence-corrected chi connectivity index (χ0v) is 20.4. The van der Waals surface area contributed by atoms with Crippen molar-refractivity contribution < 1.29 is 13.9 Å². The Morgan fingerprint density at radius 3 is 2.21 bits per heavy atom. The van der Waals surface area contributed by atoms with Crippen LogP contribution in [0.15, 0.2) is 60.7 Å². The van der Waals surface area contributed by atoms with E-state index in [2.05, 4.69) is 4.90 Å². The minimum absolute atomic E-state index is 0.271. The molecule has 0 bridgehead atoms. The maximum Gasteiger partial charge on any atom is 0.415 e. The van der Waals surface area contributed by atoms with Gasteiger partial charge in [0.25, 0.3) is 0 Å². The number of carbonyl (C=O) groups is 1. The summed E-state index contributed by atoms with van der Waals surface area (Å²) in [5.41, 5.74) is 4.09.